The fraction of sp³-hybridized carbons (Fsp3) is 0.348. The molecular weight excluding hydrogens is 398 g/mol. The second-order valence-corrected chi connectivity index (χ2v) is 7.49. The van der Waals surface area contributed by atoms with Gasteiger partial charge >= 0.3 is 12.0 Å². The number of esters is 1. The molecule has 1 aliphatic heterocycles. The van der Waals surface area contributed by atoms with Crippen molar-refractivity contribution in [3.63, 3.8) is 0 Å². The molecule has 1 aliphatic rings. The molecule has 0 radical (unpaired) electrons. The van der Waals surface area contributed by atoms with Crippen LogP contribution in [0.2, 0.25) is 0 Å². The van der Waals surface area contributed by atoms with E-state index in [1.54, 1.807) is 36.2 Å². The summed E-state index contributed by atoms with van der Waals surface area (Å²) in [6.07, 6.45) is 0.0141. The van der Waals surface area contributed by atoms with E-state index < -0.39 is 5.97 Å². The Morgan fingerprint density at radius 1 is 1.10 bits per heavy atom. The van der Waals surface area contributed by atoms with Crippen LogP contribution in [-0.4, -0.2) is 44.1 Å². The van der Waals surface area contributed by atoms with Gasteiger partial charge in [0.1, 0.15) is 18.1 Å². The monoisotopic (exact) mass is 425 g/mol. The molecule has 0 spiro atoms. The van der Waals surface area contributed by atoms with Gasteiger partial charge in [-0.05, 0) is 50.2 Å². The molecule has 3 rings (SSSR count). The first-order valence-corrected chi connectivity index (χ1v) is 10.2. The normalized spacial score (nSPS) is 12.6. The molecule has 1 N–H and O–H groups in total. The number of fused-ring (bicyclic) bond motifs is 1. The SMILES string of the molecule is CC(C)NC(=O)N(C)c1ccc(OC(=O)CCC(=O)N2CCOc3ccccc32)cc1. The third kappa shape index (κ3) is 5.75. The molecule has 2 aromatic carbocycles. The standard InChI is InChI=1S/C23H27N3O5/c1-16(2)24-23(29)25(3)17-8-10-18(11-9-17)31-22(28)13-12-21(27)26-14-15-30-20-7-5-4-6-19(20)26/h4-11,16H,12-15H2,1-3H3,(H,24,29). The number of benzene rings is 2. The molecule has 0 saturated heterocycles. The predicted octanol–water partition coefficient (Wildman–Crippen LogP) is 3.35. The van der Waals surface area contributed by atoms with Gasteiger partial charge in [0.2, 0.25) is 5.91 Å². The number of urea groups is 1. The molecule has 8 heteroatoms. The molecule has 31 heavy (non-hydrogen) atoms. The zero-order chi connectivity index (χ0) is 22.4. The Hall–Kier alpha value is -3.55. The van der Waals surface area contributed by atoms with Gasteiger partial charge in [-0.2, -0.15) is 0 Å². The summed E-state index contributed by atoms with van der Waals surface area (Å²) in [5.41, 5.74) is 1.38. The number of nitrogens with one attached hydrogen (secondary N) is 1. The van der Waals surface area contributed by atoms with E-state index in [-0.39, 0.29) is 30.8 Å². The average Bonchev–Trinajstić information content (AvgIpc) is 2.76. The Kier molecular flexibility index (Phi) is 7.12. The largest absolute Gasteiger partial charge is 0.490 e. The van der Waals surface area contributed by atoms with Gasteiger partial charge in [-0.3, -0.25) is 14.5 Å². The van der Waals surface area contributed by atoms with Crippen LogP contribution in [-0.2, 0) is 9.59 Å². The van der Waals surface area contributed by atoms with Crippen LogP contribution in [0.5, 0.6) is 11.5 Å². The van der Waals surface area contributed by atoms with Crippen LogP contribution in [0, 0.1) is 0 Å². The molecular formula is C23H27N3O5. The zero-order valence-corrected chi connectivity index (χ0v) is 18.0. The van der Waals surface area contributed by atoms with Gasteiger partial charge in [0.25, 0.3) is 0 Å². The molecule has 0 unspecified atom stereocenters. The molecule has 1 heterocycles. The lowest BCUT2D eigenvalue weighted by Crippen LogP contribution is -2.40. The molecule has 2 aromatic rings. The lowest BCUT2D eigenvalue weighted by atomic mass is 10.2. The molecule has 8 nitrogen and oxygen atoms in total. The maximum absolute atomic E-state index is 12.6. The minimum atomic E-state index is -0.492. The Morgan fingerprint density at radius 3 is 2.52 bits per heavy atom. The molecule has 0 saturated carbocycles. The van der Waals surface area contributed by atoms with Crippen molar-refractivity contribution in [1.82, 2.24) is 5.32 Å². The van der Waals surface area contributed by atoms with E-state index in [0.717, 1.165) is 0 Å². The lowest BCUT2D eigenvalue weighted by Gasteiger charge is -2.29. The Bertz CT molecular complexity index is 942. The van der Waals surface area contributed by atoms with Crippen molar-refractivity contribution >= 4 is 29.3 Å². The molecule has 0 atom stereocenters. The predicted molar refractivity (Wildman–Crippen MR) is 118 cm³/mol. The highest BCUT2D eigenvalue weighted by molar-refractivity contribution is 5.96. The van der Waals surface area contributed by atoms with Crippen LogP contribution in [0.3, 0.4) is 0 Å². The summed E-state index contributed by atoms with van der Waals surface area (Å²) in [4.78, 5) is 40.0. The Balaban J connectivity index is 1.51. The van der Waals surface area contributed by atoms with E-state index in [2.05, 4.69) is 5.32 Å². The van der Waals surface area contributed by atoms with E-state index in [0.29, 0.717) is 36.0 Å². The van der Waals surface area contributed by atoms with Crippen LogP contribution in [0.25, 0.3) is 0 Å². The van der Waals surface area contributed by atoms with Crippen LogP contribution in [0.15, 0.2) is 48.5 Å². The summed E-state index contributed by atoms with van der Waals surface area (Å²) in [6.45, 7) is 4.64. The number of carbonyl (C=O) groups is 3. The second kappa shape index (κ2) is 9.97. The van der Waals surface area contributed by atoms with E-state index in [1.165, 1.54) is 4.90 Å². The van der Waals surface area contributed by atoms with E-state index in [9.17, 15) is 14.4 Å². The van der Waals surface area contributed by atoms with Gasteiger partial charge in [-0.1, -0.05) is 12.1 Å². The van der Waals surface area contributed by atoms with Gasteiger partial charge in [0, 0.05) is 25.2 Å². The third-order valence-corrected chi connectivity index (χ3v) is 4.75. The molecule has 3 amide bonds. The average molecular weight is 425 g/mol. The smallest absolute Gasteiger partial charge is 0.321 e. The highest BCUT2D eigenvalue weighted by atomic mass is 16.5. The quantitative estimate of drug-likeness (QED) is 0.566. The summed E-state index contributed by atoms with van der Waals surface area (Å²) < 4.78 is 10.9. The van der Waals surface area contributed by atoms with Gasteiger partial charge in [-0.25, -0.2) is 4.79 Å². The number of ether oxygens (including phenoxy) is 2. The van der Waals surface area contributed by atoms with Crippen molar-refractivity contribution in [3.05, 3.63) is 48.5 Å². The van der Waals surface area contributed by atoms with Crippen molar-refractivity contribution in [2.75, 3.05) is 30.0 Å². The maximum atomic E-state index is 12.6. The number of carbonyl (C=O) groups excluding carboxylic acids is 3. The fourth-order valence-corrected chi connectivity index (χ4v) is 3.15. The number of rotatable bonds is 6. The van der Waals surface area contributed by atoms with E-state index >= 15 is 0 Å². The summed E-state index contributed by atoms with van der Waals surface area (Å²) in [5.74, 6) is 0.377. The minimum Gasteiger partial charge on any atom is -0.490 e. The molecule has 0 aromatic heterocycles. The summed E-state index contributed by atoms with van der Waals surface area (Å²) in [5, 5.41) is 2.81. The number of nitrogens with zero attached hydrogens (tertiary/aromatic N) is 2. The van der Waals surface area contributed by atoms with Crippen molar-refractivity contribution < 1.29 is 23.9 Å². The first-order chi connectivity index (χ1) is 14.8. The highest BCUT2D eigenvalue weighted by Gasteiger charge is 2.23. The number of hydrogen-bond donors (Lipinski definition) is 1. The van der Waals surface area contributed by atoms with Gasteiger partial charge in [0.15, 0.2) is 0 Å². The maximum Gasteiger partial charge on any atom is 0.321 e. The van der Waals surface area contributed by atoms with Crippen molar-refractivity contribution in [3.8, 4) is 11.5 Å². The second-order valence-electron chi connectivity index (χ2n) is 7.49. The van der Waals surface area contributed by atoms with Crippen LogP contribution >= 0.6 is 0 Å². The fourth-order valence-electron chi connectivity index (χ4n) is 3.15. The Morgan fingerprint density at radius 2 is 1.81 bits per heavy atom. The number of hydrogen-bond acceptors (Lipinski definition) is 5. The van der Waals surface area contributed by atoms with E-state index in [1.807, 2.05) is 38.1 Å². The number of amides is 3. The minimum absolute atomic E-state index is 0.0309. The van der Waals surface area contributed by atoms with Crippen LogP contribution in [0.4, 0.5) is 16.2 Å². The molecule has 0 bridgehead atoms. The number of para-hydroxylation sites is 2. The highest BCUT2D eigenvalue weighted by Crippen LogP contribution is 2.31. The van der Waals surface area contributed by atoms with Crippen LogP contribution in [0.1, 0.15) is 26.7 Å². The topological polar surface area (TPSA) is 88.2 Å². The van der Waals surface area contributed by atoms with Crippen molar-refractivity contribution in [2.24, 2.45) is 0 Å². The summed E-state index contributed by atoms with van der Waals surface area (Å²) >= 11 is 0. The third-order valence-electron chi connectivity index (χ3n) is 4.75. The van der Waals surface area contributed by atoms with Crippen molar-refractivity contribution in [1.29, 1.82) is 0 Å². The van der Waals surface area contributed by atoms with E-state index in [4.69, 9.17) is 9.47 Å². The van der Waals surface area contributed by atoms with Gasteiger partial charge in [0.05, 0.1) is 18.7 Å². The van der Waals surface area contributed by atoms with Gasteiger partial charge < -0.3 is 19.7 Å². The molecule has 0 aliphatic carbocycles. The lowest BCUT2D eigenvalue weighted by molar-refractivity contribution is -0.136. The molecule has 0 fully saturated rings. The first-order valence-electron chi connectivity index (χ1n) is 10.2. The summed E-state index contributed by atoms with van der Waals surface area (Å²) in [6, 6.07) is 13.8. The number of anilines is 2. The molecule has 164 valence electrons. The van der Waals surface area contributed by atoms with Gasteiger partial charge in [-0.15, -0.1) is 0 Å². The van der Waals surface area contributed by atoms with Crippen molar-refractivity contribution in [2.45, 2.75) is 32.7 Å². The zero-order valence-electron chi connectivity index (χ0n) is 18.0. The first kappa shape index (κ1) is 22.1. The Labute approximate surface area is 181 Å². The van der Waals surface area contributed by atoms with Crippen LogP contribution < -0.4 is 24.6 Å². The summed E-state index contributed by atoms with van der Waals surface area (Å²) in [7, 11) is 1.66.